The van der Waals surface area contributed by atoms with E-state index in [-0.39, 0.29) is 31.6 Å². The first-order chi connectivity index (χ1) is 16.7. The molecule has 35 heavy (non-hydrogen) atoms. The number of phosphoric ester groups is 1. The molecule has 4 atom stereocenters. The van der Waals surface area contributed by atoms with E-state index in [1.807, 2.05) is 19.1 Å². The van der Waals surface area contributed by atoms with Crippen molar-refractivity contribution in [2.45, 2.75) is 51.7 Å². The van der Waals surface area contributed by atoms with E-state index in [1.165, 1.54) is 21.8 Å². The number of carbonyl (C=O) groups excluding carboxylic acids is 1. The van der Waals surface area contributed by atoms with Crippen LogP contribution in [-0.4, -0.2) is 34.3 Å². The molecule has 2 aliphatic rings. The number of H-pyrrole nitrogens is 1. The number of para-hydroxylation sites is 1. The molecular formula is C22H24BrN2O9P. The van der Waals surface area contributed by atoms with E-state index < -0.39 is 43.5 Å². The summed E-state index contributed by atoms with van der Waals surface area (Å²) < 4.78 is 42.2. The lowest BCUT2D eigenvalue weighted by Gasteiger charge is -2.27. The lowest BCUT2D eigenvalue weighted by Crippen LogP contribution is -2.33. The molecule has 0 aliphatic carbocycles. The molecular weight excluding hydrogens is 547 g/mol. The summed E-state index contributed by atoms with van der Waals surface area (Å²) in [6.07, 6.45) is 0.517. The van der Waals surface area contributed by atoms with Crippen LogP contribution in [0, 0.1) is 6.92 Å². The molecule has 4 rings (SSSR count). The number of aryl methyl sites for hydroxylation is 1. The molecule has 3 heterocycles. The average molecular weight is 571 g/mol. The quantitative estimate of drug-likeness (QED) is 0.391. The van der Waals surface area contributed by atoms with Gasteiger partial charge in [0.1, 0.15) is 24.2 Å². The van der Waals surface area contributed by atoms with Crippen LogP contribution in [0.2, 0.25) is 0 Å². The van der Waals surface area contributed by atoms with Gasteiger partial charge in [-0.1, -0.05) is 41.1 Å². The van der Waals surface area contributed by atoms with E-state index in [2.05, 4.69) is 20.9 Å². The number of phosphoric acid groups is 1. The molecule has 0 bridgehead atoms. The van der Waals surface area contributed by atoms with Gasteiger partial charge in [-0.15, -0.1) is 0 Å². The second-order valence-corrected chi connectivity index (χ2v) is 10.1. The van der Waals surface area contributed by atoms with Gasteiger partial charge in [-0.25, -0.2) is 9.36 Å². The van der Waals surface area contributed by atoms with Crippen molar-refractivity contribution in [1.29, 1.82) is 0 Å². The number of rotatable bonds is 7. The fraction of sp³-hybridized carbons (Fsp3) is 0.409. The number of benzene rings is 1. The molecule has 13 heteroatoms. The number of fused-ring (bicyclic) bond motifs is 1. The number of halogens is 1. The van der Waals surface area contributed by atoms with Crippen LogP contribution in [0.15, 0.2) is 39.0 Å². The van der Waals surface area contributed by atoms with E-state index in [0.717, 1.165) is 11.1 Å². The Balaban J connectivity index is 1.53. The van der Waals surface area contributed by atoms with Crippen molar-refractivity contribution >= 4 is 35.8 Å². The predicted molar refractivity (Wildman–Crippen MR) is 128 cm³/mol. The summed E-state index contributed by atoms with van der Waals surface area (Å²) in [6, 6.07) is 5.47. The first-order valence-electron chi connectivity index (χ1n) is 10.9. The molecule has 0 saturated carbocycles. The van der Waals surface area contributed by atoms with Gasteiger partial charge in [0.2, 0.25) is 0 Å². The number of aromatic nitrogens is 2. The minimum atomic E-state index is -3.97. The summed E-state index contributed by atoms with van der Waals surface area (Å²) in [4.78, 5) is 40.2. The van der Waals surface area contributed by atoms with Gasteiger partial charge in [0.15, 0.2) is 0 Å². The minimum absolute atomic E-state index is 0.0489. The molecule has 1 saturated heterocycles. The van der Waals surface area contributed by atoms with E-state index in [9.17, 15) is 18.9 Å². The largest absolute Gasteiger partial charge is 0.530 e. The highest BCUT2D eigenvalue weighted by Gasteiger charge is 2.43. The van der Waals surface area contributed by atoms with Crippen molar-refractivity contribution in [2.75, 3.05) is 6.61 Å². The van der Waals surface area contributed by atoms with E-state index in [1.54, 1.807) is 13.0 Å². The zero-order valence-corrected chi connectivity index (χ0v) is 21.5. The molecule has 0 radical (unpaired) electrons. The maximum absolute atomic E-state index is 13.1. The Morgan fingerprint density at radius 3 is 2.91 bits per heavy atom. The highest BCUT2D eigenvalue weighted by molar-refractivity contribution is 9.11. The van der Waals surface area contributed by atoms with Crippen molar-refractivity contribution in [3.63, 3.8) is 0 Å². The summed E-state index contributed by atoms with van der Waals surface area (Å²) in [5.41, 5.74) is 0.501. The van der Waals surface area contributed by atoms with Crippen molar-refractivity contribution in [3.8, 4) is 5.75 Å². The molecule has 0 amide bonds. The molecule has 1 aromatic carbocycles. The number of esters is 1. The van der Waals surface area contributed by atoms with E-state index in [4.69, 9.17) is 23.0 Å². The third kappa shape index (κ3) is 5.68. The maximum atomic E-state index is 13.1. The van der Waals surface area contributed by atoms with Gasteiger partial charge in [0.05, 0.1) is 18.8 Å². The molecule has 1 fully saturated rings. The third-order valence-corrected chi connectivity index (χ3v) is 7.15. The second-order valence-electron chi connectivity index (χ2n) is 7.96. The Kier molecular flexibility index (Phi) is 7.77. The predicted octanol–water partition coefficient (Wildman–Crippen LogP) is 3.55. The summed E-state index contributed by atoms with van der Waals surface area (Å²) in [5, 5.41) is 0. The number of nitrogens with zero attached hydrogens (tertiary/aromatic N) is 1. The van der Waals surface area contributed by atoms with Gasteiger partial charge in [-0.05, 0) is 23.5 Å². The number of ether oxygens (including phenoxy) is 2. The Morgan fingerprint density at radius 1 is 1.37 bits per heavy atom. The summed E-state index contributed by atoms with van der Waals surface area (Å²) in [6.45, 7) is 3.23. The van der Waals surface area contributed by atoms with Crippen molar-refractivity contribution in [1.82, 2.24) is 9.55 Å². The number of carbonyl (C=O) groups is 1. The smallest absolute Gasteiger partial charge is 0.459 e. The fourth-order valence-electron chi connectivity index (χ4n) is 3.77. The normalized spacial score (nSPS) is 25.9. The van der Waals surface area contributed by atoms with Crippen molar-refractivity contribution in [3.05, 3.63) is 66.9 Å². The average Bonchev–Trinajstić information content (AvgIpc) is 3.22. The number of aromatic amines is 1. The molecule has 11 nitrogen and oxygen atoms in total. The summed E-state index contributed by atoms with van der Waals surface area (Å²) in [5.74, 6) is -0.0317. The Morgan fingerprint density at radius 2 is 2.17 bits per heavy atom. The topological polar surface area (TPSA) is 135 Å². The molecule has 1 N–H and O–H groups in total. The van der Waals surface area contributed by atoms with Gasteiger partial charge in [0, 0.05) is 24.6 Å². The van der Waals surface area contributed by atoms with E-state index in [0.29, 0.717) is 5.75 Å². The molecule has 0 spiro atoms. The highest BCUT2D eigenvalue weighted by atomic mass is 79.9. The van der Waals surface area contributed by atoms with Crippen LogP contribution in [0.25, 0.3) is 6.08 Å². The second kappa shape index (κ2) is 10.6. The van der Waals surface area contributed by atoms with Crippen LogP contribution in [0.3, 0.4) is 0 Å². The van der Waals surface area contributed by atoms with E-state index >= 15 is 0 Å². The van der Waals surface area contributed by atoms with Crippen LogP contribution >= 0.6 is 23.8 Å². The first kappa shape index (κ1) is 25.6. The fourth-order valence-corrected chi connectivity index (χ4v) is 5.35. The summed E-state index contributed by atoms with van der Waals surface area (Å²) in [7, 11) is -3.97. The van der Waals surface area contributed by atoms with Crippen LogP contribution in [0.1, 0.15) is 42.7 Å². The lowest BCUT2D eigenvalue weighted by molar-refractivity contribution is -0.152. The zero-order valence-electron chi connectivity index (χ0n) is 19.0. The maximum Gasteiger partial charge on any atom is 0.530 e. The van der Waals surface area contributed by atoms with Crippen LogP contribution in [0.4, 0.5) is 0 Å². The molecule has 1 unspecified atom stereocenters. The zero-order chi connectivity index (χ0) is 25.2. The van der Waals surface area contributed by atoms with Gasteiger partial charge in [0.25, 0.3) is 5.56 Å². The molecule has 1 aromatic heterocycles. The Hall–Kier alpha value is -2.50. The van der Waals surface area contributed by atoms with Crippen molar-refractivity contribution < 1.29 is 32.4 Å². The first-order valence-corrected chi connectivity index (χ1v) is 13.2. The van der Waals surface area contributed by atoms with Gasteiger partial charge in [-0.2, -0.15) is 0 Å². The van der Waals surface area contributed by atoms with Gasteiger partial charge in [-0.3, -0.25) is 28.2 Å². The molecule has 2 aliphatic heterocycles. The highest BCUT2D eigenvalue weighted by Crippen LogP contribution is 2.55. The van der Waals surface area contributed by atoms with Gasteiger partial charge < -0.3 is 14.0 Å². The van der Waals surface area contributed by atoms with Crippen LogP contribution in [-0.2, 0) is 34.5 Å². The monoisotopic (exact) mass is 570 g/mol. The number of hydrogen-bond donors (Lipinski definition) is 1. The number of hydrogen-bond acceptors (Lipinski definition) is 9. The molecule has 188 valence electrons. The van der Waals surface area contributed by atoms with Crippen molar-refractivity contribution in [2.24, 2.45) is 0 Å². The van der Waals surface area contributed by atoms with Crippen LogP contribution in [0.5, 0.6) is 5.75 Å². The SMILES string of the molecule is CCC(=O)O[C@H]1C[C@H](n2cc(/C=C/Br)c(=O)[nH]c2=O)O[C@@H]1COP1(=O)OCc2cccc(C)c2O1. The van der Waals surface area contributed by atoms with Crippen LogP contribution < -0.4 is 15.8 Å². The Bertz CT molecular complexity index is 1300. The standard InChI is InChI=1S/C22H24BrN2O9P/c1-3-19(26)33-16-9-18(25-10-14(7-8-23)21(27)24-22(25)28)32-17(16)12-31-35(29)30-11-15-6-4-5-13(2)20(15)34-35/h4-8,10,16-18H,3,9,11-12H2,1-2H3,(H,24,27,28)/b8-7+/t16-,17+,18+,35?/m0/s1. The lowest BCUT2D eigenvalue weighted by atomic mass is 10.1. The minimum Gasteiger partial charge on any atom is -0.459 e. The van der Waals surface area contributed by atoms with Gasteiger partial charge >= 0.3 is 19.5 Å². The number of nitrogens with one attached hydrogen (secondary N) is 1. The summed E-state index contributed by atoms with van der Waals surface area (Å²) >= 11 is 3.10. The molecule has 2 aromatic rings. The Labute approximate surface area is 208 Å². The third-order valence-electron chi connectivity index (χ3n) is 5.57.